The highest BCUT2D eigenvalue weighted by Crippen LogP contribution is 2.33. The van der Waals surface area contributed by atoms with Gasteiger partial charge in [0.1, 0.15) is 4.87 Å². The van der Waals surface area contributed by atoms with Gasteiger partial charge in [0.25, 0.3) is 0 Å². The van der Waals surface area contributed by atoms with Crippen molar-refractivity contribution in [3.05, 3.63) is 66.2 Å². The summed E-state index contributed by atoms with van der Waals surface area (Å²) in [5.41, 5.74) is 1.56. The summed E-state index contributed by atoms with van der Waals surface area (Å²) in [5.74, 6) is -0.200. The molecule has 0 heterocycles. The number of hydrogen-bond acceptors (Lipinski definition) is 1. The van der Waals surface area contributed by atoms with Crippen LogP contribution in [-0.2, 0) is 9.67 Å². The second-order valence-corrected chi connectivity index (χ2v) is 4.99. The molecule has 98 valence electrons. The number of carbonyl (C=O) groups excluding carboxylic acids is 1. The molecule has 19 heavy (non-hydrogen) atoms. The zero-order chi connectivity index (χ0) is 13.7. The molecule has 3 heteroatoms. The third kappa shape index (κ3) is 2.96. The minimum Gasteiger partial charge on any atom is -0.324 e. The van der Waals surface area contributed by atoms with Crippen molar-refractivity contribution in [1.29, 1.82) is 0 Å². The van der Waals surface area contributed by atoms with E-state index >= 15 is 0 Å². The summed E-state index contributed by atoms with van der Waals surface area (Å²) in [5, 5.41) is 2.86. The molecule has 0 spiro atoms. The number of amides is 1. The van der Waals surface area contributed by atoms with Gasteiger partial charge in [-0.2, -0.15) is 0 Å². The van der Waals surface area contributed by atoms with Crippen molar-refractivity contribution >= 4 is 23.2 Å². The molecule has 1 N–H and O–H groups in total. The normalized spacial score (nSPS) is 13.6. The molecule has 0 aliphatic carbocycles. The fourth-order valence-electron chi connectivity index (χ4n) is 1.95. The Bertz CT molecular complexity index is 541. The number of carbonyl (C=O) groups is 1. The zero-order valence-corrected chi connectivity index (χ0v) is 11.5. The van der Waals surface area contributed by atoms with E-state index in [9.17, 15) is 4.79 Å². The smallest absolute Gasteiger partial charge is 0.250 e. The highest BCUT2D eigenvalue weighted by molar-refractivity contribution is 6.36. The van der Waals surface area contributed by atoms with Gasteiger partial charge in [0.15, 0.2) is 0 Å². The maximum Gasteiger partial charge on any atom is 0.250 e. The lowest BCUT2D eigenvalue weighted by Gasteiger charge is -2.25. The zero-order valence-electron chi connectivity index (χ0n) is 10.8. The third-order valence-corrected chi connectivity index (χ3v) is 3.77. The predicted molar refractivity (Wildman–Crippen MR) is 79.3 cm³/mol. The molecule has 0 saturated carbocycles. The van der Waals surface area contributed by atoms with E-state index in [0.717, 1.165) is 11.3 Å². The molecule has 0 bridgehead atoms. The molecule has 0 saturated heterocycles. The molecule has 1 atom stereocenters. The third-order valence-electron chi connectivity index (χ3n) is 3.11. The highest BCUT2D eigenvalue weighted by atomic mass is 35.5. The number of rotatable bonds is 4. The number of anilines is 1. The lowest BCUT2D eigenvalue weighted by atomic mass is 9.94. The van der Waals surface area contributed by atoms with E-state index in [2.05, 4.69) is 5.32 Å². The fourth-order valence-corrected chi connectivity index (χ4v) is 2.12. The van der Waals surface area contributed by atoms with Crippen molar-refractivity contribution in [3.8, 4) is 0 Å². The summed E-state index contributed by atoms with van der Waals surface area (Å²) < 4.78 is 0. The molecule has 0 aromatic heterocycles. The number of benzene rings is 2. The Hall–Kier alpha value is -1.80. The van der Waals surface area contributed by atoms with Crippen molar-refractivity contribution in [2.24, 2.45) is 0 Å². The van der Waals surface area contributed by atoms with Gasteiger partial charge >= 0.3 is 0 Å². The Morgan fingerprint density at radius 3 is 2.11 bits per heavy atom. The van der Waals surface area contributed by atoms with Gasteiger partial charge in [-0.1, -0.05) is 55.5 Å². The lowest BCUT2D eigenvalue weighted by molar-refractivity contribution is -0.119. The van der Waals surface area contributed by atoms with Gasteiger partial charge in [0, 0.05) is 5.69 Å². The molecule has 0 aliphatic rings. The van der Waals surface area contributed by atoms with E-state index in [1.165, 1.54) is 0 Å². The van der Waals surface area contributed by atoms with Crippen molar-refractivity contribution in [3.63, 3.8) is 0 Å². The minimum absolute atomic E-state index is 0.200. The molecule has 2 nitrogen and oxygen atoms in total. The number of hydrogen-bond donors (Lipinski definition) is 1. The van der Waals surface area contributed by atoms with E-state index in [1.807, 2.05) is 67.6 Å². The maximum absolute atomic E-state index is 12.4. The minimum atomic E-state index is -1.03. The quantitative estimate of drug-likeness (QED) is 0.833. The number of halogens is 1. The Balaban J connectivity index is 2.24. The topological polar surface area (TPSA) is 29.1 Å². The molecule has 0 fully saturated rings. The molecule has 1 unspecified atom stereocenters. The van der Waals surface area contributed by atoms with Crippen LogP contribution in [0.15, 0.2) is 60.7 Å². The Morgan fingerprint density at radius 1 is 1.05 bits per heavy atom. The molecular weight excluding hydrogens is 258 g/mol. The van der Waals surface area contributed by atoms with Crippen LogP contribution in [-0.4, -0.2) is 5.91 Å². The average Bonchev–Trinajstić information content (AvgIpc) is 2.48. The van der Waals surface area contributed by atoms with Crippen LogP contribution in [0, 0.1) is 0 Å². The molecule has 2 rings (SSSR count). The Morgan fingerprint density at radius 2 is 1.58 bits per heavy atom. The number of nitrogens with one attached hydrogen (secondary N) is 1. The first-order valence-electron chi connectivity index (χ1n) is 6.28. The fraction of sp³-hybridized carbons (Fsp3) is 0.188. The standard InChI is InChI=1S/C16H16ClNO/c1-2-16(17,13-9-5-3-6-10-13)15(19)18-14-11-7-4-8-12-14/h3-12H,2H2,1H3,(H,18,19). The average molecular weight is 274 g/mol. The molecule has 0 aliphatic heterocycles. The van der Waals surface area contributed by atoms with Crippen molar-refractivity contribution in [1.82, 2.24) is 0 Å². The second kappa shape index (κ2) is 5.89. The van der Waals surface area contributed by atoms with Gasteiger partial charge in [-0.05, 0) is 24.1 Å². The van der Waals surface area contributed by atoms with Gasteiger partial charge in [0.2, 0.25) is 5.91 Å². The van der Waals surface area contributed by atoms with Crippen LogP contribution in [0.3, 0.4) is 0 Å². The Labute approximate surface area is 118 Å². The van der Waals surface area contributed by atoms with Crippen molar-refractivity contribution in [2.45, 2.75) is 18.2 Å². The highest BCUT2D eigenvalue weighted by Gasteiger charge is 2.36. The second-order valence-electron chi connectivity index (χ2n) is 4.34. The van der Waals surface area contributed by atoms with E-state index in [-0.39, 0.29) is 5.91 Å². The van der Waals surface area contributed by atoms with Crippen LogP contribution >= 0.6 is 11.6 Å². The first-order chi connectivity index (χ1) is 9.16. The van der Waals surface area contributed by atoms with E-state index < -0.39 is 4.87 Å². The summed E-state index contributed by atoms with van der Waals surface area (Å²) >= 11 is 6.54. The van der Waals surface area contributed by atoms with Gasteiger partial charge < -0.3 is 5.32 Å². The summed E-state index contributed by atoms with van der Waals surface area (Å²) in [7, 11) is 0. The van der Waals surface area contributed by atoms with Crippen LogP contribution in [0.1, 0.15) is 18.9 Å². The molecule has 2 aromatic rings. The molecule has 0 radical (unpaired) electrons. The number of para-hydroxylation sites is 1. The Kier molecular flexibility index (Phi) is 4.23. The van der Waals surface area contributed by atoms with Crippen molar-refractivity contribution < 1.29 is 4.79 Å². The van der Waals surface area contributed by atoms with Crippen LogP contribution < -0.4 is 5.32 Å². The predicted octanol–water partition coefficient (Wildman–Crippen LogP) is 4.17. The molecule has 2 aromatic carbocycles. The summed E-state index contributed by atoms with van der Waals surface area (Å²) in [6.07, 6.45) is 0.525. The summed E-state index contributed by atoms with van der Waals surface area (Å²) in [4.78, 5) is 11.4. The van der Waals surface area contributed by atoms with E-state index in [0.29, 0.717) is 6.42 Å². The van der Waals surface area contributed by atoms with Gasteiger partial charge in [-0.15, -0.1) is 11.6 Å². The molecular formula is C16H16ClNO. The van der Waals surface area contributed by atoms with Gasteiger partial charge in [-0.3, -0.25) is 4.79 Å². The van der Waals surface area contributed by atoms with Crippen LogP contribution in [0.25, 0.3) is 0 Å². The van der Waals surface area contributed by atoms with Crippen LogP contribution in [0.4, 0.5) is 5.69 Å². The number of alkyl halides is 1. The van der Waals surface area contributed by atoms with Crippen LogP contribution in [0.2, 0.25) is 0 Å². The molecule has 1 amide bonds. The van der Waals surface area contributed by atoms with E-state index in [1.54, 1.807) is 0 Å². The van der Waals surface area contributed by atoms with Gasteiger partial charge in [0.05, 0.1) is 0 Å². The van der Waals surface area contributed by atoms with Gasteiger partial charge in [-0.25, -0.2) is 0 Å². The first-order valence-corrected chi connectivity index (χ1v) is 6.65. The summed E-state index contributed by atoms with van der Waals surface area (Å²) in [6, 6.07) is 18.8. The van der Waals surface area contributed by atoms with Crippen LogP contribution in [0.5, 0.6) is 0 Å². The SMILES string of the molecule is CCC(Cl)(C(=O)Nc1ccccc1)c1ccccc1. The summed E-state index contributed by atoms with van der Waals surface area (Å²) in [6.45, 7) is 1.91. The lowest BCUT2D eigenvalue weighted by Crippen LogP contribution is -2.34. The van der Waals surface area contributed by atoms with E-state index in [4.69, 9.17) is 11.6 Å². The largest absolute Gasteiger partial charge is 0.324 e. The van der Waals surface area contributed by atoms with Crippen molar-refractivity contribution in [2.75, 3.05) is 5.32 Å². The monoisotopic (exact) mass is 273 g/mol. The first kappa shape index (κ1) is 13.6. The maximum atomic E-state index is 12.4.